The Morgan fingerprint density at radius 2 is 1.94 bits per heavy atom. The van der Waals surface area contributed by atoms with Crippen LogP contribution in [0.4, 0.5) is 0 Å². The van der Waals surface area contributed by atoms with Crippen LogP contribution in [0.1, 0.15) is 27.2 Å². The lowest BCUT2D eigenvalue weighted by Gasteiger charge is -2.25. The maximum absolute atomic E-state index is 11.1. The summed E-state index contributed by atoms with van der Waals surface area (Å²) in [5.41, 5.74) is 0.611. The van der Waals surface area contributed by atoms with E-state index in [1.165, 1.54) is 6.92 Å². The van der Waals surface area contributed by atoms with Crippen LogP contribution in [0.25, 0.3) is 0 Å². The van der Waals surface area contributed by atoms with E-state index in [1.807, 2.05) is 0 Å². The van der Waals surface area contributed by atoms with Gasteiger partial charge in [0.25, 0.3) is 0 Å². The minimum absolute atomic E-state index is 0.319. The van der Waals surface area contributed by atoms with E-state index in [9.17, 15) is 14.5 Å². The van der Waals surface area contributed by atoms with Gasteiger partial charge in [-0.3, -0.25) is 0 Å². The Morgan fingerprint density at radius 3 is 2.25 bits per heavy atom. The molecule has 0 spiro atoms. The van der Waals surface area contributed by atoms with Gasteiger partial charge in [-0.1, -0.05) is 12.5 Å². The number of hydrogen-bond acceptors (Lipinski definition) is 5. The molecular weight excluding hydrogens is 239 g/mol. The minimum atomic E-state index is -4.94. The molecule has 0 heterocycles. The standard InChI is InChI=1S/C8H15O7P/c1-4-8(10,15-16(11,12)13)14-7(9)5-6(2)3/h5,10H,4H2,1-3H3,(H2,11,12,13). The van der Waals surface area contributed by atoms with Crippen molar-refractivity contribution < 1.29 is 33.5 Å². The smallest absolute Gasteiger partial charge is 0.404 e. The van der Waals surface area contributed by atoms with E-state index in [-0.39, 0.29) is 6.42 Å². The second kappa shape index (κ2) is 5.56. The summed E-state index contributed by atoms with van der Waals surface area (Å²) in [5, 5.41) is 9.45. The fraction of sp³-hybridized carbons (Fsp3) is 0.625. The molecular formula is C8H15O7P. The molecule has 1 unspecified atom stereocenters. The summed E-state index contributed by atoms with van der Waals surface area (Å²) in [6, 6.07) is 0. The molecule has 0 aliphatic rings. The Kier molecular flexibility index (Phi) is 5.31. The zero-order valence-corrected chi connectivity index (χ0v) is 10.1. The predicted octanol–water partition coefficient (Wildman–Crippen LogP) is 0.661. The first-order valence-corrected chi connectivity index (χ1v) is 5.97. The van der Waals surface area contributed by atoms with Crippen LogP contribution in [0.2, 0.25) is 0 Å². The summed E-state index contributed by atoms with van der Waals surface area (Å²) in [6.07, 6.45) is 0.740. The molecule has 0 aromatic heterocycles. The molecule has 1 atom stereocenters. The Morgan fingerprint density at radius 1 is 1.44 bits per heavy atom. The van der Waals surface area contributed by atoms with Gasteiger partial charge in [-0.2, -0.15) is 0 Å². The number of aliphatic hydroxyl groups is 1. The number of hydrogen-bond donors (Lipinski definition) is 3. The second-order valence-electron chi connectivity index (χ2n) is 3.29. The Bertz CT molecular complexity index is 327. The van der Waals surface area contributed by atoms with Gasteiger partial charge in [-0.15, -0.1) is 0 Å². The molecule has 0 saturated heterocycles. The van der Waals surface area contributed by atoms with E-state index in [0.717, 1.165) is 6.08 Å². The van der Waals surface area contributed by atoms with Crippen LogP contribution in [-0.2, 0) is 18.6 Å². The van der Waals surface area contributed by atoms with Gasteiger partial charge >= 0.3 is 19.8 Å². The van der Waals surface area contributed by atoms with Crippen LogP contribution in [0, 0.1) is 0 Å². The van der Waals surface area contributed by atoms with E-state index < -0.39 is 19.8 Å². The highest BCUT2D eigenvalue weighted by Gasteiger charge is 2.38. The van der Waals surface area contributed by atoms with Crippen molar-refractivity contribution >= 4 is 13.8 Å². The molecule has 7 nitrogen and oxygen atoms in total. The van der Waals surface area contributed by atoms with Crippen molar-refractivity contribution in [2.24, 2.45) is 0 Å². The van der Waals surface area contributed by atoms with Crippen molar-refractivity contribution in [2.45, 2.75) is 33.2 Å². The SMILES string of the molecule is CCC(O)(OC(=O)C=C(C)C)OP(=O)(O)O. The normalized spacial score (nSPS) is 15.1. The lowest BCUT2D eigenvalue weighted by Crippen LogP contribution is -2.36. The van der Waals surface area contributed by atoms with Gasteiger partial charge in [0.2, 0.25) is 0 Å². The lowest BCUT2D eigenvalue weighted by molar-refractivity contribution is -0.306. The van der Waals surface area contributed by atoms with Gasteiger partial charge in [0, 0.05) is 12.5 Å². The average molecular weight is 254 g/mol. The predicted molar refractivity (Wildman–Crippen MR) is 53.9 cm³/mol. The van der Waals surface area contributed by atoms with Gasteiger partial charge < -0.3 is 19.6 Å². The fourth-order valence-corrected chi connectivity index (χ4v) is 1.30. The molecule has 16 heavy (non-hydrogen) atoms. The maximum Gasteiger partial charge on any atom is 0.474 e. The second-order valence-corrected chi connectivity index (χ2v) is 4.45. The van der Waals surface area contributed by atoms with E-state index in [0.29, 0.717) is 5.57 Å². The van der Waals surface area contributed by atoms with Crippen LogP contribution in [0.15, 0.2) is 11.6 Å². The summed E-state index contributed by atoms with van der Waals surface area (Å²) in [7, 11) is -4.94. The molecule has 0 radical (unpaired) electrons. The zero-order valence-electron chi connectivity index (χ0n) is 9.21. The summed E-state index contributed by atoms with van der Waals surface area (Å²) in [6.45, 7) is 4.58. The van der Waals surface area contributed by atoms with E-state index in [1.54, 1.807) is 13.8 Å². The average Bonchev–Trinajstić information content (AvgIpc) is 1.98. The molecule has 0 rings (SSSR count). The van der Waals surface area contributed by atoms with Gasteiger partial charge in [0.1, 0.15) is 0 Å². The van der Waals surface area contributed by atoms with Crippen LogP contribution >= 0.6 is 7.82 Å². The van der Waals surface area contributed by atoms with Gasteiger partial charge in [-0.25, -0.2) is 13.9 Å². The highest BCUT2D eigenvalue weighted by Crippen LogP contribution is 2.42. The highest BCUT2D eigenvalue weighted by atomic mass is 31.2. The van der Waals surface area contributed by atoms with Crippen LogP contribution in [-0.4, -0.2) is 26.8 Å². The number of ether oxygens (including phenoxy) is 1. The molecule has 8 heteroatoms. The Balaban J connectivity index is 4.68. The molecule has 3 N–H and O–H groups in total. The Labute approximate surface area is 92.9 Å². The number of phosphoric acid groups is 1. The molecule has 0 amide bonds. The first-order chi connectivity index (χ1) is 7.08. The highest BCUT2D eigenvalue weighted by molar-refractivity contribution is 7.46. The van der Waals surface area contributed by atoms with Gasteiger partial charge in [-0.05, 0) is 13.8 Å². The van der Waals surface area contributed by atoms with E-state index >= 15 is 0 Å². The molecule has 0 aliphatic heterocycles. The molecule has 94 valence electrons. The summed E-state index contributed by atoms with van der Waals surface area (Å²) >= 11 is 0. The third-order valence-electron chi connectivity index (χ3n) is 1.37. The largest absolute Gasteiger partial charge is 0.474 e. The van der Waals surface area contributed by atoms with Crippen molar-refractivity contribution in [3.8, 4) is 0 Å². The lowest BCUT2D eigenvalue weighted by atomic mass is 10.3. The van der Waals surface area contributed by atoms with Crippen molar-refractivity contribution in [3.63, 3.8) is 0 Å². The number of rotatable bonds is 5. The molecule has 0 aromatic carbocycles. The van der Waals surface area contributed by atoms with Gasteiger partial charge in [0.15, 0.2) is 0 Å². The number of carbonyl (C=O) groups excluding carboxylic acids is 1. The number of carbonyl (C=O) groups is 1. The zero-order chi connectivity index (χ0) is 13.0. The van der Waals surface area contributed by atoms with Crippen molar-refractivity contribution in [1.82, 2.24) is 0 Å². The maximum atomic E-state index is 11.1. The Hall–Kier alpha value is -0.720. The third kappa shape index (κ3) is 6.71. The molecule has 0 aromatic rings. The van der Waals surface area contributed by atoms with Crippen molar-refractivity contribution in [2.75, 3.05) is 0 Å². The first kappa shape index (κ1) is 15.3. The minimum Gasteiger partial charge on any atom is -0.404 e. The molecule has 0 saturated carbocycles. The quantitative estimate of drug-likeness (QED) is 0.286. The van der Waals surface area contributed by atoms with Crippen LogP contribution < -0.4 is 0 Å². The van der Waals surface area contributed by atoms with Crippen LogP contribution in [0.3, 0.4) is 0 Å². The first-order valence-electron chi connectivity index (χ1n) is 4.44. The third-order valence-corrected chi connectivity index (χ3v) is 1.90. The number of esters is 1. The fourth-order valence-electron chi connectivity index (χ4n) is 0.764. The van der Waals surface area contributed by atoms with Crippen molar-refractivity contribution in [3.05, 3.63) is 11.6 Å². The summed E-state index contributed by atoms with van der Waals surface area (Å²) in [5.74, 6) is -3.57. The molecule has 0 fully saturated rings. The van der Waals surface area contributed by atoms with Crippen molar-refractivity contribution in [1.29, 1.82) is 0 Å². The van der Waals surface area contributed by atoms with E-state index in [4.69, 9.17) is 9.79 Å². The van der Waals surface area contributed by atoms with Gasteiger partial charge in [0.05, 0.1) is 0 Å². The molecule has 0 bridgehead atoms. The summed E-state index contributed by atoms with van der Waals surface area (Å²) in [4.78, 5) is 28.1. The van der Waals surface area contributed by atoms with Crippen LogP contribution in [0.5, 0.6) is 0 Å². The number of allylic oxidation sites excluding steroid dienone is 1. The topological polar surface area (TPSA) is 113 Å². The van der Waals surface area contributed by atoms with E-state index in [2.05, 4.69) is 9.26 Å². The molecule has 0 aliphatic carbocycles. The summed E-state index contributed by atoms with van der Waals surface area (Å²) < 4.78 is 18.9. The number of phosphoric ester groups is 1. The monoisotopic (exact) mass is 254 g/mol.